The lowest BCUT2D eigenvalue weighted by molar-refractivity contribution is 0.564. The van der Waals surface area contributed by atoms with Gasteiger partial charge in [-0.15, -0.1) is 11.3 Å². The van der Waals surface area contributed by atoms with E-state index in [0.29, 0.717) is 0 Å². The van der Waals surface area contributed by atoms with Gasteiger partial charge in [0.25, 0.3) is 0 Å². The number of nitrogens with one attached hydrogen (secondary N) is 1. The average molecular weight is 221 g/mol. The zero-order valence-corrected chi connectivity index (χ0v) is 8.92. The van der Waals surface area contributed by atoms with E-state index in [2.05, 4.69) is 20.2 Å². The highest BCUT2D eigenvalue weighted by atomic mass is 32.1. The van der Waals surface area contributed by atoms with Gasteiger partial charge in [-0.05, 0) is 19.3 Å². The largest absolute Gasteiger partial charge is 0.323 e. The van der Waals surface area contributed by atoms with Crippen molar-refractivity contribution in [1.82, 2.24) is 20.2 Å². The lowest BCUT2D eigenvalue weighted by atomic mass is 9.99. The Morgan fingerprint density at radius 3 is 3.20 bits per heavy atom. The van der Waals surface area contributed by atoms with Crippen molar-refractivity contribution in [2.24, 2.45) is 5.73 Å². The molecule has 0 aliphatic heterocycles. The number of hydrogen-bond donors (Lipinski definition) is 2. The number of fused-ring (bicyclic) bond motifs is 1. The predicted molar refractivity (Wildman–Crippen MR) is 57.4 cm³/mol. The molecule has 15 heavy (non-hydrogen) atoms. The van der Waals surface area contributed by atoms with Crippen molar-refractivity contribution in [2.75, 3.05) is 0 Å². The first-order valence-electron chi connectivity index (χ1n) is 4.95. The first kappa shape index (κ1) is 8.99. The Balaban J connectivity index is 2.06. The van der Waals surface area contributed by atoms with Crippen LogP contribution in [0, 0.1) is 0 Å². The minimum Gasteiger partial charge on any atom is -0.323 e. The molecule has 1 aliphatic carbocycles. The molecule has 2 aromatic heterocycles. The molecule has 0 spiro atoms. The standard InChI is InChI=1S/C9H11N5S/c10-5-2-1-3-6-7(5)13-9(15-6)8-11-4-12-14-8/h4-5H,1-3,10H2,(H,11,12,14). The van der Waals surface area contributed by atoms with Crippen LogP contribution >= 0.6 is 11.3 Å². The molecule has 0 bridgehead atoms. The summed E-state index contributed by atoms with van der Waals surface area (Å²) < 4.78 is 0. The molecule has 1 unspecified atom stereocenters. The molecule has 0 saturated carbocycles. The molecule has 6 heteroatoms. The predicted octanol–water partition coefficient (Wildman–Crippen LogP) is 1.26. The summed E-state index contributed by atoms with van der Waals surface area (Å²) in [6, 6.07) is 0.0988. The van der Waals surface area contributed by atoms with Crippen molar-refractivity contribution in [3.8, 4) is 10.8 Å². The second-order valence-electron chi connectivity index (χ2n) is 3.66. The number of thiazole rings is 1. The third-order valence-corrected chi connectivity index (χ3v) is 3.75. The van der Waals surface area contributed by atoms with Crippen molar-refractivity contribution in [3.05, 3.63) is 16.9 Å². The Morgan fingerprint density at radius 2 is 2.47 bits per heavy atom. The molecule has 78 valence electrons. The smallest absolute Gasteiger partial charge is 0.184 e. The summed E-state index contributed by atoms with van der Waals surface area (Å²) in [5, 5.41) is 7.54. The number of nitrogens with zero attached hydrogens (tertiary/aromatic N) is 3. The van der Waals surface area contributed by atoms with Gasteiger partial charge in [0.2, 0.25) is 0 Å². The minimum atomic E-state index is 0.0988. The van der Waals surface area contributed by atoms with Gasteiger partial charge in [0.1, 0.15) is 6.33 Å². The normalized spacial score (nSPS) is 20.2. The van der Waals surface area contributed by atoms with Crippen LogP contribution in [0.15, 0.2) is 6.33 Å². The number of H-pyrrole nitrogens is 1. The van der Waals surface area contributed by atoms with E-state index in [1.165, 1.54) is 11.2 Å². The third-order valence-electron chi connectivity index (χ3n) is 2.62. The summed E-state index contributed by atoms with van der Waals surface area (Å²) in [5.41, 5.74) is 7.06. The first-order chi connectivity index (χ1) is 7.34. The quantitative estimate of drug-likeness (QED) is 0.759. The van der Waals surface area contributed by atoms with Crippen molar-refractivity contribution < 1.29 is 0 Å². The molecule has 0 radical (unpaired) electrons. The van der Waals surface area contributed by atoms with Crippen LogP contribution in [0.25, 0.3) is 10.8 Å². The van der Waals surface area contributed by atoms with E-state index in [9.17, 15) is 0 Å². The van der Waals surface area contributed by atoms with Crippen LogP contribution in [0.2, 0.25) is 0 Å². The molecule has 3 rings (SSSR count). The van der Waals surface area contributed by atoms with E-state index in [4.69, 9.17) is 5.73 Å². The molecule has 5 nitrogen and oxygen atoms in total. The van der Waals surface area contributed by atoms with Gasteiger partial charge < -0.3 is 5.73 Å². The van der Waals surface area contributed by atoms with E-state index in [1.807, 2.05) is 0 Å². The van der Waals surface area contributed by atoms with E-state index in [-0.39, 0.29) is 6.04 Å². The van der Waals surface area contributed by atoms with Gasteiger partial charge in [-0.25, -0.2) is 9.97 Å². The Bertz CT molecular complexity index is 461. The van der Waals surface area contributed by atoms with Crippen molar-refractivity contribution >= 4 is 11.3 Å². The highest BCUT2D eigenvalue weighted by Gasteiger charge is 2.22. The van der Waals surface area contributed by atoms with E-state index in [0.717, 1.165) is 35.8 Å². The Labute approximate surface area is 90.8 Å². The highest BCUT2D eigenvalue weighted by molar-refractivity contribution is 7.15. The molecule has 0 amide bonds. The number of nitrogens with two attached hydrogens (primary N) is 1. The molecule has 2 heterocycles. The topological polar surface area (TPSA) is 80.5 Å². The van der Waals surface area contributed by atoms with Crippen LogP contribution in [-0.2, 0) is 6.42 Å². The van der Waals surface area contributed by atoms with Gasteiger partial charge in [0, 0.05) is 10.9 Å². The van der Waals surface area contributed by atoms with Gasteiger partial charge in [-0.2, -0.15) is 5.10 Å². The minimum absolute atomic E-state index is 0.0988. The summed E-state index contributed by atoms with van der Waals surface area (Å²) in [6.45, 7) is 0. The fourth-order valence-corrected chi connectivity index (χ4v) is 2.98. The van der Waals surface area contributed by atoms with Crippen molar-refractivity contribution in [2.45, 2.75) is 25.3 Å². The second-order valence-corrected chi connectivity index (χ2v) is 4.74. The fourth-order valence-electron chi connectivity index (χ4n) is 1.86. The number of hydrogen-bond acceptors (Lipinski definition) is 5. The van der Waals surface area contributed by atoms with Crippen LogP contribution in [0.3, 0.4) is 0 Å². The second kappa shape index (κ2) is 3.39. The van der Waals surface area contributed by atoms with Gasteiger partial charge in [-0.1, -0.05) is 0 Å². The van der Waals surface area contributed by atoms with Crippen molar-refractivity contribution in [1.29, 1.82) is 0 Å². The Hall–Kier alpha value is -1.27. The highest BCUT2D eigenvalue weighted by Crippen LogP contribution is 2.34. The summed E-state index contributed by atoms with van der Waals surface area (Å²) in [6.07, 6.45) is 4.78. The van der Waals surface area contributed by atoms with Crippen LogP contribution in [-0.4, -0.2) is 20.2 Å². The van der Waals surface area contributed by atoms with Crippen LogP contribution < -0.4 is 5.73 Å². The molecular formula is C9H11N5S. The number of aromatic nitrogens is 4. The molecule has 1 atom stereocenters. The maximum atomic E-state index is 6.01. The molecule has 0 aromatic carbocycles. The SMILES string of the molecule is NC1CCCc2sc(-c3ncn[nH]3)nc21. The zero-order valence-electron chi connectivity index (χ0n) is 8.10. The van der Waals surface area contributed by atoms with E-state index < -0.39 is 0 Å². The lowest BCUT2D eigenvalue weighted by Crippen LogP contribution is -2.16. The molecule has 2 aromatic rings. The maximum Gasteiger partial charge on any atom is 0.184 e. The fraction of sp³-hybridized carbons (Fsp3) is 0.444. The van der Waals surface area contributed by atoms with E-state index in [1.54, 1.807) is 11.3 Å². The van der Waals surface area contributed by atoms with Crippen LogP contribution in [0.5, 0.6) is 0 Å². The number of rotatable bonds is 1. The average Bonchev–Trinajstić information content (AvgIpc) is 2.86. The monoisotopic (exact) mass is 221 g/mol. The molecule has 3 N–H and O–H groups in total. The van der Waals surface area contributed by atoms with Crippen LogP contribution in [0.1, 0.15) is 29.5 Å². The third kappa shape index (κ3) is 1.46. The Kier molecular flexibility index (Phi) is 2.03. The molecule has 1 aliphatic rings. The Morgan fingerprint density at radius 1 is 1.53 bits per heavy atom. The number of aromatic amines is 1. The summed E-state index contributed by atoms with van der Waals surface area (Å²) in [5.74, 6) is 0.738. The summed E-state index contributed by atoms with van der Waals surface area (Å²) in [7, 11) is 0. The summed E-state index contributed by atoms with van der Waals surface area (Å²) in [4.78, 5) is 9.94. The van der Waals surface area contributed by atoms with Gasteiger partial charge in [-0.3, -0.25) is 5.10 Å². The maximum absolute atomic E-state index is 6.01. The van der Waals surface area contributed by atoms with E-state index >= 15 is 0 Å². The summed E-state index contributed by atoms with van der Waals surface area (Å²) >= 11 is 1.67. The van der Waals surface area contributed by atoms with Gasteiger partial charge >= 0.3 is 0 Å². The lowest BCUT2D eigenvalue weighted by Gasteiger charge is -2.15. The van der Waals surface area contributed by atoms with Crippen LogP contribution in [0.4, 0.5) is 0 Å². The molecule has 0 fully saturated rings. The molecule has 0 saturated heterocycles. The molecular weight excluding hydrogens is 210 g/mol. The van der Waals surface area contributed by atoms with Gasteiger partial charge in [0.15, 0.2) is 10.8 Å². The first-order valence-corrected chi connectivity index (χ1v) is 5.77. The zero-order chi connectivity index (χ0) is 10.3. The van der Waals surface area contributed by atoms with Gasteiger partial charge in [0.05, 0.1) is 5.69 Å². The number of aryl methyl sites for hydroxylation is 1. The van der Waals surface area contributed by atoms with Crippen molar-refractivity contribution in [3.63, 3.8) is 0 Å².